The molecule has 0 saturated heterocycles. The average Bonchev–Trinajstić information content (AvgIpc) is 2.66. The normalized spacial score (nSPS) is 19.2. The molecule has 2 N–H and O–H groups in total. The fraction of sp³-hybridized carbons (Fsp3) is 0.333. The number of fused-ring (bicyclic) bond motifs is 1. The van der Waals surface area contributed by atoms with E-state index < -0.39 is 5.66 Å². The molecule has 0 radical (unpaired) electrons. The van der Waals surface area contributed by atoms with E-state index in [4.69, 9.17) is 5.10 Å². The predicted molar refractivity (Wildman–Crippen MR) is 102 cm³/mol. The van der Waals surface area contributed by atoms with Crippen LogP contribution in [0.1, 0.15) is 54.9 Å². The second-order valence-corrected chi connectivity index (χ2v) is 7.08. The average molecular weight is 349 g/mol. The number of nitrogens with zero attached hydrogens (tertiary/aromatic N) is 2. The number of hydrogen-bond donors (Lipinski definition) is 2. The second kappa shape index (κ2) is 6.48. The standard InChI is InChI=1S/C21H23N3O2/c1-15(16-9-4-6-12-19(16)25)23-24-20(26)17-10-3-5-11-18(17)22-21(24)13-7-2-8-14-21/h3-6,9-12,22,25H,2,7-8,13-14H2,1H3. The van der Waals surface area contributed by atoms with Crippen LogP contribution in [0.15, 0.2) is 53.6 Å². The molecular weight excluding hydrogens is 326 g/mol. The van der Waals surface area contributed by atoms with Crippen LogP contribution in [-0.4, -0.2) is 27.4 Å². The second-order valence-electron chi connectivity index (χ2n) is 7.08. The molecule has 1 spiro atoms. The number of phenols is 1. The van der Waals surface area contributed by atoms with E-state index in [0.717, 1.165) is 31.4 Å². The summed E-state index contributed by atoms with van der Waals surface area (Å²) in [4.78, 5) is 13.3. The van der Waals surface area contributed by atoms with Gasteiger partial charge < -0.3 is 10.4 Å². The quantitative estimate of drug-likeness (QED) is 0.793. The summed E-state index contributed by atoms with van der Waals surface area (Å²) >= 11 is 0. The Kier molecular flexibility index (Phi) is 4.15. The zero-order chi connectivity index (χ0) is 18.1. The van der Waals surface area contributed by atoms with Gasteiger partial charge in [-0.3, -0.25) is 4.79 Å². The molecule has 4 rings (SSSR count). The minimum atomic E-state index is -0.491. The molecule has 2 aliphatic rings. The number of nitrogens with one attached hydrogen (secondary N) is 1. The van der Waals surface area contributed by atoms with Crippen molar-refractivity contribution < 1.29 is 9.90 Å². The first-order chi connectivity index (χ1) is 12.6. The lowest BCUT2D eigenvalue weighted by molar-refractivity contribution is 0.0409. The van der Waals surface area contributed by atoms with E-state index >= 15 is 0 Å². The third kappa shape index (κ3) is 2.73. The van der Waals surface area contributed by atoms with Crippen molar-refractivity contribution in [2.24, 2.45) is 5.10 Å². The maximum Gasteiger partial charge on any atom is 0.278 e. The van der Waals surface area contributed by atoms with Crippen molar-refractivity contribution in [1.29, 1.82) is 0 Å². The SMILES string of the molecule is CC(=NN1C(=O)c2ccccc2NC12CCCCC2)c1ccccc1O. The molecule has 5 nitrogen and oxygen atoms in total. The van der Waals surface area contributed by atoms with Crippen molar-refractivity contribution in [2.75, 3.05) is 5.32 Å². The van der Waals surface area contributed by atoms with Crippen LogP contribution in [0, 0.1) is 0 Å². The van der Waals surface area contributed by atoms with Gasteiger partial charge in [-0.2, -0.15) is 5.10 Å². The highest BCUT2D eigenvalue weighted by Crippen LogP contribution is 2.40. The van der Waals surface area contributed by atoms with Gasteiger partial charge in [-0.05, 0) is 56.9 Å². The molecule has 0 aromatic heterocycles. The number of carbonyl (C=O) groups is 1. The van der Waals surface area contributed by atoms with Gasteiger partial charge in [0.15, 0.2) is 0 Å². The third-order valence-corrected chi connectivity index (χ3v) is 5.35. The van der Waals surface area contributed by atoms with Crippen LogP contribution in [0.25, 0.3) is 0 Å². The monoisotopic (exact) mass is 349 g/mol. The fourth-order valence-corrected chi connectivity index (χ4v) is 3.99. The van der Waals surface area contributed by atoms with Crippen molar-refractivity contribution in [1.82, 2.24) is 5.01 Å². The number of hydrazone groups is 1. The molecule has 0 bridgehead atoms. The zero-order valence-corrected chi connectivity index (χ0v) is 14.9. The molecule has 5 heteroatoms. The summed E-state index contributed by atoms with van der Waals surface area (Å²) < 4.78 is 0. The first-order valence-electron chi connectivity index (χ1n) is 9.16. The van der Waals surface area contributed by atoms with Crippen LogP contribution in [0.5, 0.6) is 5.75 Å². The number of benzene rings is 2. The minimum Gasteiger partial charge on any atom is -0.507 e. The van der Waals surface area contributed by atoms with Crippen molar-refractivity contribution in [2.45, 2.75) is 44.7 Å². The lowest BCUT2D eigenvalue weighted by Gasteiger charge is -2.48. The molecule has 2 aromatic rings. The van der Waals surface area contributed by atoms with Crippen LogP contribution in [0.2, 0.25) is 0 Å². The van der Waals surface area contributed by atoms with Gasteiger partial charge in [0.25, 0.3) is 5.91 Å². The molecule has 26 heavy (non-hydrogen) atoms. The molecule has 1 heterocycles. The largest absolute Gasteiger partial charge is 0.507 e. The highest BCUT2D eigenvalue weighted by molar-refractivity contribution is 6.05. The van der Waals surface area contributed by atoms with Gasteiger partial charge >= 0.3 is 0 Å². The molecule has 1 aliphatic heterocycles. The summed E-state index contributed by atoms with van der Waals surface area (Å²) in [6, 6.07) is 14.7. The number of phenolic OH excluding ortho intramolecular Hbond substituents is 1. The summed E-state index contributed by atoms with van der Waals surface area (Å²) in [5.41, 5.74) is 2.30. The van der Waals surface area contributed by atoms with Crippen LogP contribution in [0.3, 0.4) is 0 Å². The number of para-hydroxylation sites is 2. The Hall–Kier alpha value is -2.82. The smallest absolute Gasteiger partial charge is 0.278 e. The van der Waals surface area contributed by atoms with Crippen molar-refractivity contribution in [3.05, 3.63) is 59.7 Å². The molecular formula is C21H23N3O2. The topological polar surface area (TPSA) is 64.9 Å². The van der Waals surface area contributed by atoms with Gasteiger partial charge in [0.1, 0.15) is 11.4 Å². The predicted octanol–water partition coefficient (Wildman–Crippen LogP) is 4.34. The lowest BCUT2D eigenvalue weighted by Crippen LogP contribution is -2.58. The summed E-state index contributed by atoms with van der Waals surface area (Å²) in [5.74, 6) is 0.0836. The molecule has 1 amide bonds. The summed E-state index contributed by atoms with van der Waals surface area (Å²) in [6.07, 6.45) is 5.03. The number of aromatic hydroxyl groups is 1. The van der Waals surface area contributed by atoms with E-state index in [0.29, 0.717) is 16.8 Å². The highest BCUT2D eigenvalue weighted by Gasteiger charge is 2.45. The Balaban J connectivity index is 1.80. The molecule has 134 valence electrons. The van der Waals surface area contributed by atoms with E-state index in [1.807, 2.05) is 43.3 Å². The first kappa shape index (κ1) is 16.6. The molecule has 1 fully saturated rings. The number of anilines is 1. The number of carbonyl (C=O) groups excluding carboxylic acids is 1. The minimum absolute atomic E-state index is 0.0870. The summed E-state index contributed by atoms with van der Waals surface area (Å²) in [6.45, 7) is 1.83. The third-order valence-electron chi connectivity index (χ3n) is 5.35. The maximum atomic E-state index is 13.3. The first-order valence-corrected chi connectivity index (χ1v) is 9.16. The van der Waals surface area contributed by atoms with Crippen LogP contribution in [-0.2, 0) is 0 Å². The lowest BCUT2D eigenvalue weighted by atomic mass is 9.85. The van der Waals surface area contributed by atoms with Crippen LogP contribution < -0.4 is 5.32 Å². The summed E-state index contributed by atoms with van der Waals surface area (Å²) in [5, 5.41) is 20.1. The molecule has 2 aromatic carbocycles. The Labute approximate surface area is 153 Å². The molecule has 1 aliphatic carbocycles. The number of rotatable bonds is 2. The van der Waals surface area contributed by atoms with Crippen molar-refractivity contribution in [3.8, 4) is 5.75 Å². The van der Waals surface area contributed by atoms with E-state index in [9.17, 15) is 9.90 Å². The number of hydrogen-bond acceptors (Lipinski definition) is 4. The van der Waals surface area contributed by atoms with E-state index in [-0.39, 0.29) is 11.7 Å². The maximum absolute atomic E-state index is 13.3. The Morgan fingerprint density at radius 3 is 2.54 bits per heavy atom. The van der Waals surface area contributed by atoms with Gasteiger partial charge in [0, 0.05) is 11.3 Å². The van der Waals surface area contributed by atoms with Crippen LogP contribution >= 0.6 is 0 Å². The number of amides is 1. The highest BCUT2D eigenvalue weighted by atomic mass is 16.3. The van der Waals surface area contributed by atoms with Gasteiger partial charge in [0.05, 0.1) is 11.3 Å². The van der Waals surface area contributed by atoms with Gasteiger partial charge in [-0.1, -0.05) is 30.7 Å². The van der Waals surface area contributed by atoms with E-state index in [1.54, 1.807) is 17.1 Å². The van der Waals surface area contributed by atoms with Gasteiger partial charge in [-0.25, -0.2) is 5.01 Å². The Morgan fingerprint density at radius 2 is 1.77 bits per heavy atom. The fourth-order valence-electron chi connectivity index (χ4n) is 3.99. The Morgan fingerprint density at radius 1 is 1.08 bits per heavy atom. The zero-order valence-electron chi connectivity index (χ0n) is 14.9. The van der Waals surface area contributed by atoms with E-state index in [2.05, 4.69) is 5.32 Å². The molecule has 1 saturated carbocycles. The summed E-state index contributed by atoms with van der Waals surface area (Å²) in [7, 11) is 0. The van der Waals surface area contributed by atoms with Crippen LogP contribution in [0.4, 0.5) is 5.69 Å². The van der Waals surface area contributed by atoms with E-state index in [1.165, 1.54) is 6.42 Å². The van der Waals surface area contributed by atoms with Crippen molar-refractivity contribution in [3.63, 3.8) is 0 Å². The Bertz CT molecular complexity index is 869. The molecule has 0 atom stereocenters. The molecule has 0 unspecified atom stereocenters. The van der Waals surface area contributed by atoms with Crippen molar-refractivity contribution >= 4 is 17.3 Å². The van der Waals surface area contributed by atoms with Gasteiger partial charge in [-0.15, -0.1) is 0 Å². The van der Waals surface area contributed by atoms with Gasteiger partial charge in [0.2, 0.25) is 0 Å².